The third kappa shape index (κ3) is 3.93. The van der Waals surface area contributed by atoms with E-state index in [9.17, 15) is 0 Å². The lowest BCUT2D eigenvalue weighted by molar-refractivity contribution is 0.159. The van der Waals surface area contributed by atoms with Crippen molar-refractivity contribution in [2.45, 2.75) is 39.3 Å². The summed E-state index contributed by atoms with van der Waals surface area (Å²) in [5, 5.41) is 0. The van der Waals surface area contributed by atoms with Gasteiger partial charge >= 0.3 is 0 Å². The Morgan fingerprint density at radius 3 is 2.53 bits per heavy atom. The fourth-order valence-corrected chi connectivity index (χ4v) is 3.85. The van der Waals surface area contributed by atoms with E-state index in [1.54, 1.807) is 11.3 Å². The van der Waals surface area contributed by atoms with Crippen molar-refractivity contribution < 1.29 is 0 Å². The van der Waals surface area contributed by atoms with Crippen LogP contribution < -0.4 is 5.73 Å². The first-order valence-corrected chi connectivity index (χ1v) is 7.90. The van der Waals surface area contributed by atoms with Crippen LogP contribution in [-0.4, -0.2) is 24.0 Å². The van der Waals surface area contributed by atoms with Crippen molar-refractivity contribution in [1.29, 1.82) is 0 Å². The van der Waals surface area contributed by atoms with Gasteiger partial charge in [-0.2, -0.15) is 0 Å². The summed E-state index contributed by atoms with van der Waals surface area (Å²) in [4.78, 5) is 3.68. The van der Waals surface area contributed by atoms with Crippen molar-refractivity contribution in [2.24, 2.45) is 5.73 Å². The summed E-state index contributed by atoms with van der Waals surface area (Å²) in [5.74, 6) is 0. The minimum Gasteiger partial charge on any atom is -0.329 e. The largest absolute Gasteiger partial charge is 0.329 e. The second-order valence-electron chi connectivity index (χ2n) is 4.35. The molecule has 1 atom stereocenters. The van der Waals surface area contributed by atoms with E-state index >= 15 is 0 Å². The summed E-state index contributed by atoms with van der Waals surface area (Å²) in [6, 6.07) is 2.85. The Kier molecular flexibility index (Phi) is 6.45. The molecule has 0 aliphatic heterocycles. The molecule has 0 aliphatic rings. The molecule has 0 amide bonds. The Labute approximate surface area is 121 Å². The van der Waals surface area contributed by atoms with Crippen molar-refractivity contribution in [3.63, 3.8) is 0 Å². The minimum atomic E-state index is 0.267. The van der Waals surface area contributed by atoms with Crippen molar-refractivity contribution in [3.05, 3.63) is 19.8 Å². The molecule has 2 nitrogen and oxygen atoms in total. The monoisotopic (exact) mass is 338 g/mol. The van der Waals surface area contributed by atoms with Crippen LogP contribution in [0, 0.1) is 0 Å². The summed E-state index contributed by atoms with van der Waals surface area (Å²) < 4.78 is 1.77. The highest BCUT2D eigenvalue weighted by atomic mass is 79.9. The molecule has 0 radical (unpaired) electrons. The van der Waals surface area contributed by atoms with E-state index in [0.717, 1.165) is 21.8 Å². The zero-order chi connectivity index (χ0) is 13.0. The van der Waals surface area contributed by atoms with Crippen LogP contribution >= 0.6 is 38.9 Å². The lowest BCUT2D eigenvalue weighted by Crippen LogP contribution is -2.38. The van der Waals surface area contributed by atoms with Crippen molar-refractivity contribution >= 4 is 38.9 Å². The zero-order valence-electron chi connectivity index (χ0n) is 10.5. The molecule has 0 spiro atoms. The fourth-order valence-electron chi connectivity index (χ4n) is 1.97. The van der Waals surface area contributed by atoms with Gasteiger partial charge < -0.3 is 5.73 Å². The van der Waals surface area contributed by atoms with E-state index in [1.807, 2.05) is 0 Å². The predicted octanol–water partition coefficient (Wildman–Crippen LogP) is 4.28. The molecule has 0 saturated heterocycles. The van der Waals surface area contributed by atoms with E-state index < -0.39 is 0 Å². The molecular weight excluding hydrogens is 320 g/mol. The fraction of sp³-hybridized carbons (Fsp3) is 0.667. The van der Waals surface area contributed by atoms with Gasteiger partial charge in [-0.1, -0.05) is 18.5 Å². The lowest BCUT2D eigenvalue weighted by Gasteiger charge is -2.33. The molecule has 0 bridgehead atoms. The van der Waals surface area contributed by atoms with Crippen LogP contribution in [0.4, 0.5) is 0 Å². The molecule has 0 saturated carbocycles. The minimum absolute atomic E-state index is 0.267. The number of nitrogens with two attached hydrogens (primary N) is 1. The van der Waals surface area contributed by atoms with E-state index in [1.165, 1.54) is 4.88 Å². The van der Waals surface area contributed by atoms with Crippen molar-refractivity contribution in [3.8, 4) is 0 Å². The highest BCUT2D eigenvalue weighted by Crippen LogP contribution is 2.37. The second-order valence-corrected chi connectivity index (χ2v) is 6.89. The zero-order valence-corrected chi connectivity index (χ0v) is 13.7. The van der Waals surface area contributed by atoms with E-state index in [2.05, 4.69) is 47.7 Å². The molecule has 1 heterocycles. The molecule has 17 heavy (non-hydrogen) atoms. The van der Waals surface area contributed by atoms with Crippen LogP contribution in [-0.2, 0) is 0 Å². The molecule has 0 aromatic carbocycles. The Hall–Kier alpha value is 0.390. The summed E-state index contributed by atoms with van der Waals surface area (Å²) >= 11 is 11.2. The normalized spacial score (nSPS) is 13.6. The molecular formula is C12H20BrClN2S. The van der Waals surface area contributed by atoms with Gasteiger partial charge in [0.15, 0.2) is 0 Å². The number of halogens is 2. The predicted molar refractivity (Wildman–Crippen MR) is 81.0 cm³/mol. The maximum atomic E-state index is 6.10. The van der Waals surface area contributed by atoms with E-state index in [0.29, 0.717) is 12.6 Å². The van der Waals surface area contributed by atoms with Gasteiger partial charge in [0.2, 0.25) is 0 Å². The first-order valence-electron chi connectivity index (χ1n) is 5.91. The summed E-state index contributed by atoms with van der Waals surface area (Å²) in [6.45, 7) is 8.31. The SMILES string of the molecule is CCCN(C(C)C)C(CN)c1cc(Br)c(Cl)s1. The Morgan fingerprint density at radius 2 is 2.18 bits per heavy atom. The van der Waals surface area contributed by atoms with Crippen LogP contribution in [0.5, 0.6) is 0 Å². The van der Waals surface area contributed by atoms with Gasteiger partial charge in [0.05, 0.1) is 6.04 Å². The Morgan fingerprint density at radius 1 is 1.53 bits per heavy atom. The van der Waals surface area contributed by atoms with Crippen LogP contribution in [0.2, 0.25) is 4.34 Å². The van der Waals surface area contributed by atoms with Crippen LogP contribution in [0.15, 0.2) is 10.5 Å². The molecule has 0 aliphatic carbocycles. The van der Waals surface area contributed by atoms with Crippen LogP contribution in [0.3, 0.4) is 0 Å². The number of thiophene rings is 1. The number of nitrogens with zero attached hydrogens (tertiary/aromatic N) is 1. The first kappa shape index (κ1) is 15.4. The third-order valence-electron chi connectivity index (χ3n) is 2.76. The van der Waals surface area contributed by atoms with Gasteiger partial charge in [0.1, 0.15) is 4.34 Å². The maximum absolute atomic E-state index is 6.10. The number of hydrogen-bond acceptors (Lipinski definition) is 3. The number of rotatable bonds is 6. The van der Waals surface area contributed by atoms with E-state index in [4.69, 9.17) is 17.3 Å². The molecule has 0 fully saturated rings. The second kappa shape index (κ2) is 7.10. The smallest absolute Gasteiger partial charge is 0.107 e. The number of hydrogen-bond donors (Lipinski definition) is 1. The molecule has 1 unspecified atom stereocenters. The Bertz CT molecular complexity index is 335. The molecule has 98 valence electrons. The van der Waals surface area contributed by atoms with Crippen molar-refractivity contribution in [1.82, 2.24) is 4.90 Å². The van der Waals surface area contributed by atoms with Gasteiger partial charge in [-0.05, 0) is 48.8 Å². The highest BCUT2D eigenvalue weighted by molar-refractivity contribution is 9.10. The molecule has 1 aromatic heterocycles. The Balaban J connectivity index is 2.95. The first-order chi connectivity index (χ1) is 8.01. The maximum Gasteiger partial charge on any atom is 0.107 e. The third-order valence-corrected chi connectivity index (χ3v) is 5.34. The molecule has 1 aromatic rings. The van der Waals surface area contributed by atoms with Gasteiger partial charge in [-0.25, -0.2) is 0 Å². The standard InChI is InChI=1S/C12H20BrClN2S/c1-4-5-16(8(2)3)10(7-15)11-6-9(13)12(14)17-11/h6,8,10H,4-5,7,15H2,1-3H3. The van der Waals surface area contributed by atoms with Crippen molar-refractivity contribution in [2.75, 3.05) is 13.1 Å². The summed E-state index contributed by atoms with van der Waals surface area (Å²) in [7, 11) is 0. The van der Waals surface area contributed by atoms with Gasteiger partial charge in [-0.3, -0.25) is 4.90 Å². The van der Waals surface area contributed by atoms with Gasteiger partial charge in [-0.15, -0.1) is 11.3 Å². The average molecular weight is 340 g/mol. The molecule has 5 heteroatoms. The van der Waals surface area contributed by atoms with Crippen LogP contribution in [0.1, 0.15) is 38.1 Å². The van der Waals surface area contributed by atoms with Gasteiger partial charge in [0, 0.05) is 21.9 Å². The summed E-state index contributed by atoms with van der Waals surface area (Å²) in [5.41, 5.74) is 5.94. The highest BCUT2D eigenvalue weighted by Gasteiger charge is 2.23. The van der Waals surface area contributed by atoms with E-state index in [-0.39, 0.29) is 6.04 Å². The quantitative estimate of drug-likeness (QED) is 0.838. The van der Waals surface area contributed by atoms with Gasteiger partial charge in [0.25, 0.3) is 0 Å². The average Bonchev–Trinajstić information content (AvgIpc) is 2.58. The summed E-state index contributed by atoms with van der Waals surface area (Å²) in [6.07, 6.45) is 1.13. The topological polar surface area (TPSA) is 29.3 Å². The molecule has 2 N–H and O–H groups in total. The van der Waals surface area contributed by atoms with Crippen LogP contribution in [0.25, 0.3) is 0 Å². The lowest BCUT2D eigenvalue weighted by atomic mass is 10.1. The molecule has 1 rings (SSSR count).